The lowest BCUT2D eigenvalue weighted by Crippen LogP contribution is -2.60. The molecule has 0 bridgehead atoms. The van der Waals surface area contributed by atoms with Gasteiger partial charge in [0.05, 0.1) is 6.61 Å². The quantitative estimate of drug-likeness (QED) is 0.407. The fraction of sp³-hybridized carbons (Fsp3) is 0.464. The molecule has 3 rings (SSSR count). The second-order valence-corrected chi connectivity index (χ2v) is 9.54. The summed E-state index contributed by atoms with van der Waals surface area (Å²) >= 11 is 0. The number of hydrogen-bond donors (Lipinski definition) is 3. The van der Waals surface area contributed by atoms with Crippen molar-refractivity contribution >= 4 is 18.0 Å². The summed E-state index contributed by atoms with van der Waals surface area (Å²) < 4.78 is 10.7. The van der Waals surface area contributed by atoms with E-state index in [1.54, 1.807) is 0 Å². The zero-order valence-corrected chi connectivity index (χ0v) is 20.8. The maximum absolute atomic E-state index is 13.3. The Hall–Kier alpha value is -3.39. The molecule has 1 fully saturated rings. The lowest BCUT2D eigenvalue weighted by atomic mass is 9.84. The molecule has 1 aliphatic rings. The molecule has 36 heavy (non-hydrogen) atoms. The molecule has 1 aliphatic carbocycles. The van der Waals surface area contributed by atoms with Crippen LogP contribution in [0.1, 0.15) is 56.6 Å². The second-order valence-electron chi connectivity index (χ2n) is 9.54. The number of ether oxygens (including phenoxy) is 2. The molecule has 8 nitrogen and oxygen atoms in total. The van der Waals surface area contributed by atoms with E-state index in [0.29, 0.717) is 6.42 Å². The third-order valence-corrected chi connectivity index (χ3v) is 6.49. The van der Waals surface area contributed by atoms with Gasteiger partial charge in [-0.25, -0.2) is 9.59 Å². The summed E-state index contributed by atoms with van der Waals surface area (Å²) in [5, 5.41) is 15.3. The zero-order chi connectivity index (χ0) is 25.8. The maximum Gasteiger partial charge on any atom is 0.408 e. The molecule has 2 amide bonds. The first-order chi connectivity index (χ1) is 17.4. The number of benzene rings is 2. The van der Waals surface area contributed by atoms with Crippen molar-refractivity contribution in [2.75, 3.05) is 6.61 Å². The third kappa shape index (κ3) is 8.37. The summed E-state index contributed by atoms with van der Waals surface area (Å²) in [6, 6.07) is 17.5. The van der Waals surface area contributed by atoms with Crippen LogP contribution >= 0.6 is 0 Å². The summed E-state index contributed by atoms with van der Waals surface area (Å²) in [4.78, 5) is 38.6. The van der Waals surface area contributed by atoms with Crippen LogP contribution in [0.2, 0.25) is 0 Å². The van der Waals surface area contributed by atoms with Gasteiger partial charge in [0, 0.05) is 0 Å². The van der Waals surface area contributed by atoms with Gasteiger partial charge in [0.2, 0.25) is 5.91 Å². The van der Waals surface area contributed by atoms with E-state index in [4.69, 9.17) is 9.47 Å². The van der Waals surface area contributed by atoms with E-state index < -0.39 is 36.2 Å². The molecule has 2 aromatic rings. The van der Waals surface area contributed by atoms with Crippen molar-refractivity contribution in [2.45, 2.75) is 70.2 Å². The van der Waals surface area contributed by atoms with Crippen LogP contribution in [0.25, 0.3) is 0 Å². The number of hydrogen-bond acceptors (Lipinski definition) is 6. The number of carbonyl (C=O) groups excluding carboxylic acids is 3. The topological polar surface area (TPSA) is 114 Å². The Morgan fingerprint density at radius 1 is 0.917 bits per heavy atom. The minimum atomic E-state index is -1.66. The second kappa shape index (κ2) is 13.6. The number of carbonyl (C=O) groups is 3. The van der Waals surface area contributed by atoms with Crippen molar-refractivity contribution in [3.8, 4) is 0 Å². The van der Waals surface area contributed by atoms with Gasteiger partial charge in [-0.05, 0) is 30.4 Å². The first kappa shape index (κ1) is 27.2. The minimum absolute atomic E-state index is 0.0146. The van der Waals surface area contributed by atoms with Crippen molar-refractivity contribution in [3.63, 3.8) is 0 Å². The largest absolute Gasteiger partial charge is 0.459 e. The van der Waals surface area contributed by atoms with Crippen molar-refractivity contribution in [1.29, 1.82) is 0 Å². The molecule has 3 N–H and O–H groups in total. The molecule has 194 valence electrons. The lowest BCUT2D eigenvalue weighted by molar-refractivity contribution is -0.156. The van der Waals surface area contributed by atoms with E-state index in [9.17, 15) is 19.5 Å². The van der Waals surface area contributed by atoms with E-state index in [1.165, 1.54) is 6.92 Å². The highest BCUT2D eigenvalue weighted by molar-refractivity contribution is 5.91. The van der Waals surface area contributed by atoms with Gasteiger partial charge in [-0.3, -0.25) is 4.79 Å². The number of alkyl carbamates (subject to hydrolysis) is 1. The fourth-order valence-electron chi connectivity index (χ4n) is 4.29. The van der Waals surface area contributed by atoms with Crippen molar-refractivity contribution in [3.05, 3.63) is 71.8 Å². The molecular formula is C28H36N2O6. The number of amides is 2. The van der Waals surface area contributed by atoms with E-state index >= 15 is 0 Å². The summed E-state index contributed by atoms with van der Waals surface area (Å²) in [6.07, 6.45) is 4.98. The predicted molar refractivity (Wildman–Crippen MR) is 135 cm³/mol. The van der Waals surface area contributed by atoms with E-state index in [2.05, 4.69) is 10.6 Å². The fourth-order valence-corrected chi connectivity index (χ4v) is 4.29. The number of rotatable bonds is 11. The van der Waals surface area contributed by atoms with Crippen LogP contribution in [0.4, 0.5) is 4.79 Å². The standard InChI is InChI=1S/C28H36N2O6/c1-28(20-31,26(33)35-18-22-13-7-3-8-14-22)30-25(32)24(17-21-11-5-2-6-12-21)29-27(34)36-19-23-15-9-4-10-16-23/h3-4,7-10,13-16,21,24,31H,2,5-6,11-12,17-20H2,1H3,(H,29,34)(H,30,32)/t24-,28+/m0/s1. The molecule has 0 aliphatic heterocycles. The van der Waals surface area contributed by atoms with Crippen LogP contribution < -0.4 is 10.6 Å². The van der Waals surface area contributed by atoms with Crippen molar-refractivity contribution in [2.24, 2.45) is 5.92 Å². The molecule has 0 aromatic heterocycles. The maximum atomic E-state index is 13.3. The van der Waals surface area contributed by atoms with E-state index in [1.807, 2.05) is 60.7 Å². The summed E-state index contributed by atoms with van der Waals surface area (Å²) in [7, 11) is 0. The first-order valence-electron chi connectivity index (χ1n) is 12.5. The Kier molecular flexibility index (Phi) is 10.3. The normalized spacial score (nSPS) is 16.3. The average Bonchev–Trinajstić information content (AvgIpc) is 2.91. The lowest BCUT2D eigenvalue weighted by Gasteiger charge is -2.31. The smallest absolute Gasteiger partial charge is 0.408 e. The van der Waals surface area contributed by atoms with Crippen molar-refractivity contribution in [1.82, 2.24) is 10.6 Å². The monoisotopic (exact) mass is 496 g/mol. The SMILES string of the molecule is C[C@](CO)(NC(=O)[C@H](CC1CCCCC1)NC(=O)OCc1ccccc1)C(=O)OCc1ccccc1. The molecular weight excluding hydrogens is 460 g/mol. The number of aliphatic hydroxyl groups is 1. The first-order valence-corrected chi connectivity index (χ1v) is 12.5. The zero-order valence-electron chi connectivity index (χ0n) is 20.8. The third-order valence-electron chi connectivity index (χ3n) is 6.49. The summed E-state index contributed by atoms with van der Waals surface area (Å²) in [5.41, 5.74) is -0.0443. The summed E-state index contributed by atoms with van der Waals surface area (Å²) in [6.45, 7) is 0.843. The summed E-state index contributed by atoms with van der Waals surface area (Å²) in [5.74, 6) is -1.05. The molecule has 0 heterocycles. The van der Waals surface area contributed by atoms with Crippen LogP contribution in [-0.2, 0) is 32.3 Å². The van der Waals surface area contributed by atoms with Crippen LogP contribution in [0.5, 0.6) is 0 Å². The Morgan fingerprint density at radius 3 is 2.03 bits per heavy atom. The highest BCUT2D eigenvalue weighted by Crippen LogP contribution is 2.27. The van der Waals surface area contributed by atoms with Crippen LogP contribution in [0, 0.1) is 5.92 Å². The Morgan fingerprint density at radius 2 is 1.47 bits per heavy atom. The number of esters is 1. The molecule has 0 saturated heterocycles. The molecule has 0 radical (unpaired) electrons. The van der Waals surface area contributed by atoms with Crippen LogP contribution in [0.3, 0.4) is 0 Å². The van der Waals surface area contributed by atoms with Crippen molar-refractivity contribution < 1.29 is 29.0 Å². The number of aliphatic hydroxyl groups excluding tert-OH is 1. The predicted octanol–water partition coefficient (Wildman–Crippen LogP) is 3.86. The van der Waals surface area contributed by atoms with Gasteiger partial charge in [0.1, 0.15) is 19.3 Å². The van der Waals surface area contributed by atoms with Gasteiger partial charge >= 0.3 is 12.1 Å². The Balaban J connectivity index is 1.63. The van der Waals surface area contributed by atoms with Gasteiger partial charge in [0.15, 0.2) is 5.54 Å². The van der Waals surface area contributed by atoms with E-state index in [-0.39, 0.29) is 19.1 Å². The van der Waals surface area contributed by atoms with Crippen LogP contribution in [-0.4, -0.2) is 41.3 Å². The van der Waals surface area contributed by atoms with E-state index in [0.717, 1.165) is 43.2 Å². The molecule has 2 atom stereocenters. The van der Waals surface area contributed by atoms with Gasteiger partial charge in [-0.15, -0.1) is 0 Å². The molecule has 2 aromatic carbocycles. The van der Waals surface area contributed by atoms with Gasteiger partial charge in [-0.1, -0.05) is 92.8 Å². The van der Waals surface area contributed by atoms with Crippen LogP contribution in [0.15, 0.2) is 60.7 Å². The van der Waals surface area contributed by atoms with Gasteiger partial charge in [0.25, 0.3) is 0 Å². The number of nitrogens with one attached hydrogen (secondary N) is 2. The highest BCUT2D eigenvalue weighted by atomic mass is 16.5. The highest BCUT2D eigenvalue weighted by Gasteiger charge is 2.39. The Labute approximate surface area is 212 Å². The average molecular weight is 497 g/mol. The van der Waals surface area contributed by atoms with Gasteiger partial charge in [-0.2, -0.15) is 0 Å². The van der Waals surface area contributed by atoms with Gasteiger partial charge < -0.3 is 25.2 Å². The minimum Gasteiger partial charge on any atom is -0.459 e. The molecule has 8 heteroatoms. The molecule has 1 saturated carbocycles. The molecule has 0 spiro atoms. The Bertz CT molecular complexity index is 978. The molecule has 0 unspecified atom stereocenters.